The Balaban J connectivity index is 1.28. The van der Waals surface area contributed by atoms with Gasteiger partial charge >= 0.3 is 0 Å². The van der Waals surface area contributed by atoms with E-state index < -0.39 is 0 Å². The molecule has 0 atom stereocenters. The van der Waals surface area contributed by atoms with Crippen molar-refractivity contribution >= 4 is 21.9 Å². The Labute approximate surface area is 219 Å². The summed E-state index contributed by atoms with van der Waals surface area (Å²) in [6, 6.07) is 39.4. The summed E-state index contributed by atoms with van der Waals surface area (Å²) < 4.78 is 6.36. The van der Waals surface area contributed by atoms with Gasteiger partial charge in [0, 0.05) is 33.0 Å². The van der Waals surface area contributed by atoms with Crippen LogP contribution in [0.1, 0.15) is 11.1 Å². The highest BCUT2D eigenvalue weighted by Gasteiger charge is 2.25. The van der Waals surface area contributed by atoms with Gasteiger partial charge in [0.15, 0.2) is 17.5 Å². The van der Waals surface area contributed by atoms with Crippen molar-refractivity contribution in [2.24, 2.45) is 0 Å². The van der Waals surface area contributed by atoms with Crippen molar-refractivity contribution in [1.82, 2.24) is 15.0 Å². The van der Waals surface area contributed by atoms with Gasteiger partial charge in [-0.15, -0.1) is 0 Å². The second-order valence-corrected chi connectivity index (χ2v) is 9.66. The number of furan rings is 1. The van der Waals surface area contributed by atoms with E-state index in [1.807, 2.05) is 72.8 Å². The van der Waals surface area contributed by atoms with Crippen molar-refractivity contribution in [2.75, 3.05) is 0 Å². The highest BCUT2D eigenvalue weighted by Crippen LogP contribution is 2.45. The van der Waals surface area contributed by atoms with Gasteiger partial charge in [0.05, 0.1) is 0 Å². The first-order valence-corrected chi connectivity index (χ1v) is 12.8. The summed E-state index contributed by atoms with van der Waals surface area (Å²) >= 11 is 0. The molecule has 2 heterocycles. The Morgan fingerprint density at radius 1 is 0.500 bits per heavy atom. The molecule has 5 aromatic carbocycles. The number of hydrogen-bond donors (Lipinski definition) is 0. The molecule has 1 aliphatic carbocycles. The number of benzene rings is 5. The molecule has 0 saturated heterocycles. The van der Waals surface area contributed by atoms with Crippen LogP contribution < -0.4 is 0 Å². The normalized spacial score (nSPS) is 12.1. The highest BCUT2D eigenvalue weighted by molar-refractivity contribution is 6.11. The molecule has 4 nitrogen and oxygen atoms in total. The standard InChI is InChI=1S/C34H21N3O/c1-3-9-21(10-4-1)32-35-33(22-11-5-2-6-12-22)37-34(36-32)24-16-17-26-25(20-24)19-23-15-18-28-27-13-7-8-14-29(27)38-31(28)30(23)26/h1-18,20H,19H2. The monoisotopic (exact) mass is 487 g/mol. The van der Waals surface area contributed by atoms with Crippen LogP contribution in [0.5, 0.6) is 0 Å². The third kappa shape index (κ3) is 3.27. The molecule has 0 amide bonds. The van der Waals surface area contributed by atoms with Crippen molar-refractivity contribution in [2.45, 2.75) is 6.42 Å². The van der Waals surface area contributed by atoms with Crippen molar-refractivity contribution in [3.8, 4) is 45.3 Å². The quantitative estimate of drug-likeness (QED) is 0.251. The summed E-state index contributed by atoms with van der Waals surface area (Å²) in [7, 11) is 0. The van der Waals surface area contributed by atoms with E-state index in [4.69, 9.17) is 19.4 Å². The van der Waals surface area contributed by atoms with E-state index in [0.717, 1.165) is 45.0 Å². The van der Waals surface area contributed by atoms with Crippen molar-refractivity contribution in [3.05, 3.63) is 126 Å². The number of aromatic nitrogens is 3. The lowest BCUT2D eigenvalue weighted by atomic mass is 10.0. The smallest absolute Gasteiger partial charge is 0.164 e. The largest absolute Gasteiger partial charge is 0.455 e. The molecule has 0 aliphatic heterocycles. The van der Waals surface area contributed by atoms with Crippen LogP contribution in [0.25, 0.3) is 67.2 Å². The van der Waals surface area contributed by atoms with Crippen LogP contribution in [0.4, 0.5) is 0 Å². The van der Waals surface area contributed by atoms with Crippen LogP contribution in [0.3, 0.4) is 0 Å². The Morgan fingerprint density at radius 2 is 1.13 bits per heavy atom. The van der Waals surface area contributed by atoms with E-state index in [1.165, 1.54) is 22.3 Å². The second-order valence-electron chi connectivity index (χ2n) is 9.66. The first-order chi connectivity index (χ1) is 18.8. The second kappa shape index (κ2) is 8.22. The average molecular weight is 488 g/mol. The fraction of sp³-hybridized carbons (Fsp3) is 0.0294. The van der Waals surface area contributed by atoms with Gasteiger partial charge in [-0.05, 0) is 35.2 Å². The molecule has 1 aliphatic rings. The summed E-state index contributed by atoms with van der Waals surface area (Å²) in [5.74, 6) is 2.01. The van der Waals surface area contributed by atoms with E-state index in [9.17, 15) is 0 Å². The summed E-state index contributed by atoms with van der Waals surface area (Å²) in [6.45, 7) is 0. The number of para-hydroxylation sites is 1. The van der Waals surface area contributed by atoms with E-state index in [2.05, 4.69) is 42.5 Å². The summed E-state index contributed by atoms with van der Waals surface area (Å²) in [6.07, 6.45) is 0.855. The van der Waals surface area contributed by atoms with Crippen LogP contribution in [-0.2, 0) is 6.42 Å². The predicted molar refractivity (Wildman–Crippen MR) is 152 cm³/mol. The van der Waals surface area contributed by atoms with Crippen LogP contribution >= 0.6 is 0 Å². The lowest BCUT2D eigenvalue weighted by molar-refractivity contribution is 0.670. The minimum atomic E-state index is 0.669. The maximum Gasteiger partial charge on any atom is 0.164 e. The van der Waals surface area contributed by atoms with E-state index in [1.54, 1.807) is 0 Å². The molecule has 4 heteroatoms. The van der Waals surface area contributed by atoms with Crippen LogP contribution in [0.15, 0.2) is 120 Å². The van der Waals surface area contributed by atoms with Crippen molar-refractivity contribution < 1.29 is 4.42 Å². The third-order valence-electron chi connectivity index (χ3n) is 7.35. The fourth-order valence-corrected chi connectivity index (χ4v) is 5.54. The molecule has 178 valence electrons. The number of nitrogens with zero attached hydrogens (tertiary/aromatic N) is 3. The van der Waals surface area contributed by atoms with Gasteiger partial charge in [-0.2, -0.15) is 0 Å². The van der Waals surface area contributed by atoms with Gasteiger partial charge in [-0.1, -0.05) is 103 Å². The van der Waals surface area contributed by atoms with Gasteiger partial charge in [0.1, 0.15) is 11.2 Å². The van der Waals surface area contributed by atoms with Crippen LogP contribution in [0, 0.1) is 0 Å². The molecule has 2 aromatic heterocycles. The molecule has 0 unspecified atom stereocenters. The van der Waals surface area contributed by atoms with Crippen molar-refractivity contribution in [3.63, 3.8) is 0 Å². The van der Waals surface area contributed by atoms with E-state index in [0.29, 0.717) is 17.5 Å². The first-order valence-electron chi connectivity index (χ1n) is 12.8. The summed E-state index contributed by atoms with van der Waals surface area (Å²) in [5.41, 5.74) is 9.77. The zero-order valence-electron chi connectivity index (χ0n) is 20.4. The SMILES string of the molecule is c1ccc(-c2nc(-c3ccccc3)nc(-c3ccc4c(c3)Cc3ccc5c(oc6ccccc65)c3-4)n2)cc1. The average Bonchev–Trinajstić information content (AvgIpc) is 3.55. The molecule has 7 aromatic rings. The minimum Gasteiger partial charge on any atom is -0.455 e. The Morgan fingerprint density at radius 3 is 1.84 bits per heavy atom. The Hall–Kier alpha value is -5.09. The van der Waals surface area contributed by atoms with Crippen molar-refractivity contribution in [1.29, 1.82) is 0 Å². The predicted octanol–water partition coefficient (Wildman–Crippen LogP) is 8.34. The van der Waals surface area contributed by atoms with Gasteiger partial charge in [-0.25, -0.2) is 15.0 Å². The number of rotatable bonds is 3. The molecule has 0 N–H and O–H groups in total. The van der Waals surface area contributed by atoms with Gasteiger partial charge < -0.3 is 4.42 Å². The lowest BCUT2D eigenvalue weighted by Crippen LogP contribution is -2.00. The van der Waals surface area contributed by atoms with E-state index >= 15 is 0 Å². The third-order valence-corrected chi connectivity index (χ3v) is 7.35. The molecule has 0 bridgehead atoms. The molecule has 0 spiro atoms. The maximum atomic E-state index is 6.36. The fourth-order valence-electron chi connectivity index (χ4n) is 5.54. The molecule has 8 rings (SSSR count). The molecule has 0 saturated carbocycles. The molecule has 0 fully saturated rings. The molecule has 38 heavy (non-hydrogen) atoms. The number of fused-ring (bicyclic) bond motifs is 7. The van der Waals surface area contributed by atoms with Gasteiger partial charge in [0.25, 0.3) is 0 Å². The topological polar surface area (TPSA) is 51.8 Å². The highest BCUT2D eigenvalue weighted by atomic mass is 16.3. The van der Waals surface area contributed by atoms with Gasteiger partial charge in [0.2, 0.25) is 0 Å². The van der Waals surface area contributed by atoms with Crippen LogP contribution in [-0.4, -0.2) is 15.0 Å². The molecular formula is C34H21N3O. The van der Waals surface area contributed by atoms with Gasteiger partial charge in [-0.3, -0.25) is 0 Å². The van der Waals surface area contributed by atoms with Crippen LogP contribution in [0.2, 0.25) is 0 Å². The van der Waals surface area contributed by atoms with E-state index in [-0.39, 0.29) is 0 Å². The lowest BCUT2D eigenvalue weighted by Gasteiger charge is -2.09. The molecular weight excluding hydrogens is 466 g/mol. The summed E-state index contributed by atoms with van der Waals surface area (Å²) in [4.78, 5) is 14.6. The summed E-state index contributed by atoms with van der Waals surface area (Å²) in [5, 5.41) is 2.32. The maximum absolute atomic E-state index is 6.36. The first kappa shape index (κ1) is 21.0. The Kier molecular flexibility index (Phi) is 4.55. The zero-order valence-corrected chi connectivity index (χ0v) is 20.4. The number of hydrogen-bond acceptors (Lipinski definition) is 4. The zero-order chi connectivity index (χ0) is 25.1. The minimum absolute atomic E-state index is 0.669. The molecule has 0 radical (unpaired) electrons. The Bertz CT molecular complexity index is 1930.